The lowest BCUT2D eigenvalue weighted by Crippen LogP contribution is -2.48. The van der Waals surface area contributed by atoms with Gasteiger partial charge in [-0.05, 0) is 60.5 Å². The second kappa shape index (κ2) is 15.4. The number of rotatable bonds is 12. The zero-order valence-corrected chi connectivity index (χ0v) is 25.6. The number of amides is 1. The topological polar surface area (TPSA) is 86.0 Å². The van der Waals surface area contributed by atoms with Gasteiger partial charge in [0.05, 0.1) is 34.4 Å². The lowest BCUT2D eigenvalue weighted by Gasteiger charge is -2.29. The highest BCUT2D eigenvalue weighted by Crippen LogP contribution is 2.26. The fourth-order valence-corrected chi connectivity index (χ4v) is 5.17. The van der Waals surface area contributed by atoms with Crippen molar-refractivity contribution >= 4 is 46.4 Å². The summed E-state index contributed by atoms with van der Waals surface area (Å²) < 4.78 is 1.94. The number of nitrogens with one attached hydrogen (secondary N) is 2. The summed E-state index contributed by atoms with van der Waals surface area (Å²) in [4.78, 5) is 19.3. The Morgan fingerprint density at radius 2 is 1.83 bits per heavy atom. The summed E-state index contributed by atoms with van der Waals surface area (Å²) in [5.41, 5.74) is 4.49. The van der Waals surface area contributed by atoms with Crippen molar-refractivity contribution in [2.75, 3.05) is 13.1 Å². The molecule has 4 rings (SSSR count). The summed E-state index contributed by atoms with van der Waals surface area (Å²) in [6.07, 6.45) is 4.42. The van der Waals surface area contributed by atoms with Gasteiger partial charge in [0.25, 0.3) is 0 Å². The zero-order chi connectivity index (χ0) is 29.9. The normalized spacial score (nSPS) is 11.4. The number of halogens is 2. The molecule has 2 N–H and O–H groups in total. The highest BCUT2D eigenvalue weighted by molar-refractivity contribution is 7.80. The summed E-state index contributed by atoms with van der Waals surface area (Å²) in [6, 6.07) is 25.0. The summed E-state index contributed by atoms with van der Waals surface area (Å²) in [5, 5.41) is 17.0. The number of nitrogens with zero attached hydrogens (tertiary/aromatic N) is 4. The van der Waals surface area contributed by atoms with Crippen molar-refractivity contribution in [2.24, 2.45) is 0 Å². The fourth-order valence-electron chi connectivity index (χ4n) is 4.55. The van der Waals surface area contributed by atoms with Crippen LogP contribution in [0.3, 0.4) is 0 Å². The molecule has 0 spiro atoms. The number of benzene rings is 3. The predicted molar refractivity (Wildman–Crippen MR) is 171 cm³/mol. The number of hydrogen-bond donors (Lipinski definition) is 2. The molecule has 0 bridgehead atoms. The van der Waals surface area contributed by atoms with Gasteiger partial charge >= 0.3 is 0 Å². The highest BCUT2D eigenvalue weighted by atomic mass is 35.5. The zero-order valence-electron chi connectivity index (χ0n) is 23.3. The van der Waals surface area contributed by atoms with Crippen LogP contribution in [0.4, 0.5) is 0 Å². The van der Waals surface area contributed by atoms with E-state index in [9.17, 15) is 4.79 Å². The van der Waals surface area contributed by atoms with Crippen molar-refractivity contribution in [2.45, 2.75) is 38.9 Å². The second-order valence-electron chi connectivity index (χ2n) is 10.0. The van der Waals surface area contributed by atoms with Crippen LogP contribution < -0.4 is 10.6 Å². The standard InChI is InChI=1S/C32H32Cl2N6OS/c1-23(38-30(41)16-28-18-36-22-40(28)20-26-12-10-25(17-35)11-13-26)19-39(21-27-8-5-9-29(33)31(27)34)32(42)37-15-14-24-6-3-2-4-7-24/h2-13,18,22-23H,14-16,19-21H2,1H3,(H,37,42)(H,38,41)/t23-/m0/s1. The number of nitriles is 1. The van der Waals surface area contributed by atoms with E-state index in [0.29, 0.717) is 46.9 Å². The minimum atomic E-state index is -0.209. The second-order valence-corrected chi connectivity index (χ2v) is 11.2. The SMILES string of the molecule is C[C@@H](CN(Cc1cccc(Cl)c1Cl)C(=S)NCCc1ccccc1)NC(=O)Cc1cncn1Cc1ccc(C#N)cc1. The Morgan fingerprint density at radius 1 is 1.07 bits per heavy atom. The average molecular weight is 620 g/mol. The van der Waals surface area contributed by atoms with Crippen LogP contribution in [0.5, 0.6) is 0 Å². The number of carbonyl (C=O) groups excluding carboxylic acids is 1. The molecule has 0 aliphatic carbocycles. The smallest absolute Gasteiger partial charge is 0.226 e. The Balaban J connectivity index is 1.37. The molecule has 0 fully saturated rings. The van der Waals surface area contributed by atoms with Gasteiger partial charge in [-0.1, -0.05) is 77.8 Å². The van der Waals surface area contributed by atoms with Gasteiger partial charge in [0, 0.05) is 44.1 Å². The van der Waals surface area contributed by atoms with Gasteiger partial charge in [0.2, 0.25) is 5.91 Å². The van der Waals surface area contributed by atoms with E-state index in [4.69, 9.17) is 40.7 Å². The lowest BCUT2D eigenvalue weighted by molar-refractivity contribution is -0.121. The molecule has 0 saturated carbocycles. The van der Waals surface area contributed by atoms with Crippen molar-refractivity contribution in [3.05, 3.63) is 123 Å². The third-order valence-electron chi connectivity index (χ3n) is 6.69. The van der Waals surface area contributed by atoms with E-state index in [1.54, 1.807) is 30.7 Å². The number of thiocarbonyl (C=S) groups is 1. The Bertz CT molecular complexity index is 1530. The van der Waals surface area contributed by atoms with Crippen LogP contribution in [0.25, 0.3) is 0 Å². The maximum Gasteiger partial charge on any atom is 0.226 e. The summed E-state index contributed by atoms with van der Waals surface area (Å²) in [5.74, 6) is -0.118. The largest absolute Gasteiger partial charge is 0.362 e. The molecule has 1 atom stereocenters. The molecule has 0 saturated heterocycles. The first-order valence-corrected chi connectivity index (χ1v) is 14.8. The highest BCUT2D eigenvalue weighted by Gasteiger charge is 2.19. The van der Waals surface area contributed by atoms with Crippen molar-refractivity contribution in [3.8, 4) is 6.07 Å². The summed E-state index contributed by atoms with van der Waals surface area (Å²) >= 11 is 18.6. The van der Waals surface area contributed by atoms with Crippen molar-refractivity contribution in [3.63, 3.8) is 0 Å². The van der Waals surface area contributed by atoms with E-state index in [2.05, 4.69) is 33.8 Å². The van der Waals surface area contributed by atoms with E-state index in [1.165, 1.54) is 5.56 Å². The minimum absolute atomic E-state index is 0.118. The molecule has 1 aromatic heterocycles. The van der Waals surface area contributed by atoms with Gasteiger partial charge in [-0.25, -0.2) is 4.98 Å². The van der Waals surface area contributed by atoms with Crippen molar-refractivity contribution < 1.29 is 4.79 Å². The van der Waals surface area contributed by atoms with E-state index in [-0.39, 0.29) is 18.4 Å². The van der Waals surface area contributed by atoms with Crippen molar-refractivity contribution in [1.82, 2.24) is 25.1 Å². The van der Waals surface area contributed by atoms with E-state index in [1.807, 2.05) is 58.9 Å². The molecule has 10 heteroatoms. The molecular weight excluding hydrogens is 587 g/mol. The monoisotopic (exact) mass is 618 g/mol. The average Bonchev–Trinajstić information content (AvgIpc) is 3.41. The van der Waals surface area contributed by atoms with Gasteiger partial charge in [0.15, 0.2) is 5.11 Å². The fraction of sp³-hybridized carbons (Fsp3) is 0.250. The molecule has 0 unspecified atom stereocenters. The van der Waals surface area contributed by atoms with E-state index >= 15 is 0 Å². The van der Waals surface area contributed by atoms with Gasteiger partial charge in [-0.2, -0.15) is 5.26 Å². The van der Waals surface area contributed by atoms with E-state index in [0.717, 1.165) is 23.2 Å². The lowest BCUT2D eigenvalue weighted by atomic mass is 10.1. The number of carbonyl (C=O) groups is 1. The molecular formula is C32H32Cl2N6OS. The van der Waals surface area contributed by atoms with E-state index < -0.39 is 0 Å². The van der Waals surface area contributed by atoms with Crippen LogP contribution in [0.15, 0.2) is 85.3 Å². The Labute approximate surface area is 262 Å². The quantitative estimate of drug-likeness (QED) is 0.196. The molecule has 216 valence electrons. The van der Waals surface area contributed by atoms with Crippen LogP contribution in [0.2, 0.25) is 10.0 Å². The van der Waals surface area contributed by atoms with Crippen LogP contribution in [0.1, 0.15) is 34.9 Å². The van der Waals surface area contributed by atoms with Crippen LogP contribution in [-0.4, -0.2) is 44.6 Å². The third kappa shape index (κ3) is 9.05. The predicted octanol–water partition coefficient (Wildman–Crippen LogP) is 5.78. The Morgan fingerprint density at radius 3 is 2.57 bits per heavy atom. The molecule has 7 nitrogen and oxygen atoms in total. The molecule has 0 aliphatic rings. The first-order valence-electron chi connectivity index (χ1n) is 13.6. The maximum atomic E-state index is 13.1. The number of hydrogen-bond acceptors (Lipinski definition) is 4. The molecule has 0 radical (unpaired) electrons. The van der Waals surface area contributed by atoms with Crippen LogP contribution in [0, 0.1) is 11.3 Å². The minimum Gasteiger partial charge on any atom is -0.362 e. The Hall–Kier alpha value is -3.90. The van der Waals surface area contributed by atoms with Gasteiger partial charge in [-0.15, -0.1) is 0 Å². The maximum absolute atomic E-state index is 13.1. The number of aromatic nitrogens is 2. The molecule has 3 aromatic carbocycles. The summed E-state index contributed by atoms with van der Waals surface area (Å²) in [6.45, 7) is 4.09. The molecule has 42 heavy (non-hydrogen) atoms. The first kappa shape index (κ1) is 31.0. The molecule has 0 aliphatic heterocycles. The third-order valence-corrected chi connectivity index (χ3v) is 7.95. The van der Waals surface area contributed by atoms with Gasteiger partial charge < -0.3 is 20.1 Å². The number of imidazole rings is 1. The Kier molecular flexibility index (Phi) is 11.4. The van der Waals surface area contributed by atoms with Crippen LogP contribution >= 0.6 is 35.4 Å². The first-order chi connectivity index (χ1) is 20.3. The molecule has 4 aromatic rings. The summed E-state index contributed by atoms with van der Waals surface area (Å²) in [7, 11) is 0. The van der Waals surface area contributed by atoms with Gasteiger partial charge in [0.1, 0.15) is 0 Å². The van der Waals surface area contributed by atoms with Crippen molar-refractivity contribution in [1.29, 1.82) is 5.26 Å². The van der Waals surface area contributed by atoms with Crippen LogP contribution in [-0.2, 0) is 30.7 Å². The van der Waals surface area contributed by atoms with Gasteiger partial charge in [-0.3, -0.25) is 4.79 Å². The molecule has 1 heterocycles. The molecule has 1 amide bonds.